The number of nitriles is 1. The summed E-state index contributed by atoms with van der Waals surface area (Å²) in [6.07, 6.45) is 5.15. The molecule has 3 nitrogen and oxygen atoms in total. The van der Waals surface area contributed by atoms with Crippen LogP contribution in [0, 0.1) is 17.2 Å². The highest BCUT2D eigenvalue weighted by molar-refractivity contribution is 5.32. The van der Waals surface area contributed by atoms with Crippen molar-refractivity contribution in [3.8, 4) is 6.07 Å². The molecule has 18 heavy (non-hydrogen) atoms. The molecule has 0 amide bonds. The first-order valence-corrected chi connectivity index (χ1v) is 6.28. The van der Waals surface area contributed by atoms with Gasteiger partial charge < -0.3 is 10.4 Å². The molecular formula is C15H18N2O. The molecule has 0 saturated carbocycles. The Morgan fingerprint density at radius 2 is 2.11 bits per heavy atom. The normalized spacial score (nSPS) is 23.8. The molecular weight excluding hydrogens is 224 g/mol. The molecule has 3 heteroatoms. The van der Waals surface area contributed by atoms with E-state index in [1.165, 1.54) is 5.56 Å². The summed E-state index contributed by atoms with van der Waals surface area (Å²) in [5.74, 6) is 0.288. The number of benzene rings is 1. The molecule has 2 rings (SSSR count). The molecule has 3 atom stereocenters. The minimum atomic E-state index is 0.222. The van der Waals surface area contributed by atoms with E-state index in [2.05, 4.69) is 30.5 Å². The third-order valence-electron chi connectivity index (χ3n) is 3.41. The number of hydrogen-bond donors (Lipinski definition) is 2. The van der Waals surface area contributed by atoms with Crippen LogP contribution in [0.1, 0.15) is 30.5 Å². The molecule has 0 aliphatic heterocycles. The lowest BCUT2D eigenvalue weighted by Gasteiger charge is -2.19. The summed E-state index contributed by atoms with van der Waals surface area (Å²) < 4.78 is 0. The second kappa shape index (κ2) is 5.81. The van der Waals surface area contributed by atoms with Gasteiger partial charge in [-0.3, -0.25) is 0 Å². The topological polar surface area (TPSA) is 56.0 Å². The van der Waals surface area contributed by atoms with Gasteiger partial charge >= 0.3 is 0 Å². The Kier molecular flexibility index (Phi) is 4.14. The van der Waals surface area contributed by atoms with Crippen molar-refractivity contribution in [2.45, 2.75) is 25.4 Å². The molecule has 1 aromatic rings. The lowest BCUT2D eigenvalue weighted by molar-refractivity contribution is 0.245. The van der Waals surface area contributed by atoms with Crippen molar-refractivity contribution in [1.29, 1.82) is 5.26 Å². The first kappa shape index (κ1) is 12.8. The Morgan fingerprint density at radius 1 is 1.39 bits per heavy atom. The molecule has 0 saturated heterocycles. The van der Waals surface area contributed by atoms with Gasteiger partial charge in [0.2, 0.25) is 0 Å². The number of nitrogens with one attached hydrogen (secondary N) is 1. The van der Waals surface area contributed by atoms with Gasteiger partial charge in [-0.15, -0.1) is 0 Å². The zero-order valence-electron chi connectivity index (χ0n) is 10.5. The van der Waals surface area contributed by atoms with Crippen LogP contribution in [0.25, 0.3) is 0 Å². The fourth-order valence-electron chi connectivity index (χ4n) is 2.30. The van der Waals surface area contributed by atoms with E-state index < -0.39 is 0 Å². The van der Waals surface area contributed by atoms with Crippen molar-refractivity contribution in [1.82, 2.24) is 5.32 Å². The Bertz CT molecular complexity index is 458. The molecule has 0 unspecified atom stereocenters. The molecule has 1 aliphatic rings. The zero-order chi connectivity index (χ0) is 13.0. The quantitative estimate of drug-likeness (QED) is 0.795. The average molecular weight is 242 g/mol. The van der Waals surface area contributed by atoms with E-state index in [4.69, 9.17) is 10.4 Å². The SMILES string of the molecule is C[C@H](N[C@@H]1C=C[C@H](CO)C1)c1ccc(C#N)cc1. The van der Waals surface area contributed by atoms with E-state index in [0.29, 0.717) is 11.6 Å². The lowest BCUT2D eigenvalue weighted by atomic mass is 10.0. The van der Waals surface area contributed by atoms with E-state index in [9.17, 15) is 0 Å². The second-order valence-electron chi connectivity index (χ2n) is 4.79. The molecule has 0 bridgehead atoms. The highest BCUT2D eigenvalue weighted by Gasteiger charge is 2.19. The Balaban J connectivity index is 1.94. The fraction of sp³-hybridized carbons (Fsp3) is 0.400. The minimum Gasteiger partial charge on any atom is -0.396 e. The summed E-state index contributed by atoms with van der Waals surface area (Å²) in [6.45, 7) is 2.33. The fourth-order valence-corrected chi connectivity index (χ4v) is 2.30. The van der Waals surface area contributed by atoms with Crippen LogP contribution < -0.4 is 5.32 Å². The van der Waals surface area contributed by atoms with Crippen LogP contribution in [-0.4, -0.2) is 17.8 Å². The Hall–Kier alpha value is -1.63. The average Bonchev–Trinajstić information content (AvgIpc) is 2.86. The van der Waals surface area contributed by atoms with Crippen molar-refractivity contribution in [2.24, 2.45) is 5.92 Å². The monoisotopic (exact) mass is 242 g/mol. The van der Waals surface area contributed by atoms with Crippen LogP contribution in [0.3, 0.4) is 0 Å². The van der Waals surface area contributed by atoms with Gasteiger partial charge in [-0.1, -0.05) is 24.3 Å². The summed E-state index contributed by atoms with van der Waals surface area (Å²) in [7, 11) is 0. The number of aliphatic hydroxyl groups excluding tert-OH is 1. The smallest absolute Gasteiger partial charge is 0.0991 e. The molecule has 0 spiro atoms. The van der Waals surface area contributed by atoms with Gasteiger partial charge in [0, 0.05) is 24.6 Å². The van der Waals surface area contributed by atoms with Gasteiger partial charge in [0.15, 0.2) is 0 Å². The third kappa shape index (κ3) is 2.98. The Morgan fingerprint density at radius 3 is 2.67 bits per heavy atom. The Labute approximate surface area is 108 Å². The number of hydrogen-bond acceptors (Lipinski definition) is 3. The van der Waals surface area contributed by atoms with Crippen molar-refractivity contribution in [3.05, 3.63) is 47.5 Å². The first-order chi connectivity index (χ1) is 8.72. The van der Waals surface area contributed by atoms with Crippen LogP contribution in [0.5, 0.6) is 0 Å². The van der Waals surface area contributed by atoms with E-state index in [-0.39, 0.29) is 18.6 Å². The van der Waals surface area contributed by atoms with Crippen molar-refractivity contribution >= 4 is 0 Å². The van der Waals surface area contributed by atoms with E-state index in [1.54, 1.807) is 0 Å². The molecule has 1 aromatic carbocycles. The molecule has 2 N–H and O–H groups in total. The summed E-state index contributed by atoms with van der Waals surface area (Å²) in [5, 5.41) is 21.4. The maximum Gasteiger partial charge on any atom is 0.0991 e. The van der Waals surface area contributed by atoms with Gasteiger partial charge in [-0.25, -0.2) is 0 Å². The number of rotatable bonds is 4. The predicted molar refractivity (Wildman–Crippen MR) is 70.8 cm³/mol. The summed E-state index contributed by atoms with van der Waals surface area (Å²) in [4.78, 5) is 0. The molecule has 0 aromatic heterocycles. The summed E-state index contributed by atoms with van der Waals surface area (Å²) >= 11 is 0. The lowest BCUT2D eigenvalue weighted by Crippen LogP contribution is -2.29. The molecule has 0 radical (unpaired) electrons. The van der Waals surface area contributed by atoms with Gasteiger partial charge in [0.25, 0.3) is 0 Å². The highest BCUT2D eigenvalue weighted by atomic mass is 16.3. The minimum absolute atomic E-state index is 0.222. The number of aliphatic hydroxyl groups is 1. The van der Waals surface area contributed by atoms with Gasteiger partial charge in [0.1, 0.15) is 0 Å². The second-order valence-corrected chi connectivity index (χ2v) is 4.79. The van der Waals surface area contributed by atoms with Gasteiger partial charge in [-0.2, -0.15) is 5.26 Å². The van der Waals surface area contributed by atoms with E-state index in [1.807, 2.05) is 24.3 Å². The molecule has 94 valence electrons. The molecule has 0 heterocycles. The largest absolute Gasteiger partial charge is 0.396 e. The highest BCUT2D eigenvalue weighted by Crippen LogP contribution is 2.21. The maximum absolute atomic E-state index is 9.08. The third-order valence-corrected chi connectivity index (χ3v) is 3.41. The molecule has 1 aliphatic carbocycles. The zero-order valence-corrected chi connectivity index (χ0v) is 10.5. The van der Waals surface area contributed by atoms with Crippen LogP contribution in [0.4, 0.5) is 0 Å². The van der Waals surface area contributed by atoms with Crippen LogP contribution in [0.2, 0.25) is 0 Å². The van der Waals surface area contributed by atoms with Crippen LogP contribution >= 0.6 is 0 Å². The standard InChI is InChI=1S/C15H18N2O/c1-11(14-5-2-12(9-16)3-6-14)17-15-7-4-13(8-15)10-18/h2-7,11,13,15,17-18H,8,10H2,1H3/t11-,13-,15+/m0/s1. The summed E-state index contributed by atoms with van der Waals surface area (Å²) in [6, 6.07) is 10.3. The van der Waals surface area contributed by atoms with Crippen LogP contribution in [-0.2, 0) is 0 Å². The van der Waals surface area contributed by atoms with Gasteiger partial charge in [0.05, 0.1) is 11.6 Å². The first-order valence-electron chi connectivity index (χ1n) is 6.28. The van der Waals surface area contributed by atoms with E-state index in [0.717, 1.165) is 6.42 Å². The van der Waals surface area contributed by atoms with Gasteiger partial charge in [-0.05, 0) is 31.0 Å². The van der Waals surface area contributed by atoms with Crippen molar-refractivity contribution < 1.29 is 5.11 Å². The van der Waals surface area contributed by atoms with Crippen LogP contribution in [0.15, 0.2) is 36.4 Å². The van der Waals surface area contributed by atoms with Crippen molar-refractivity contribution in [2.75, 3.05) is 6.61 Å². The maximum atomic E-state index is 9.08. The van der Waals surface area contributed by atoms with Crippen molar-refractivity contribution in [3.63, 3.8) is 0 Å². The predicted octanol–water partition coefficient (Wildman–Crippen LogP) is 2.15. The number of nitrogens with zero attached hydrogens (tertiary/aromatic N) is 1. The van der Waals surface area contributed by atoms with E-state index >= 15 is 0 Å². The summed E-state index contributed by atoms with van der Waals surface area (Å²) in [5.41, 5.74) is 1.86. The molecule has 0 fully saturated rings.